The first-order valence-corrected chi connectivity index (χ1v) is 12.1. The molecule has 4 aromatic carbocycles. The highest BCUT2D eigenvalue weighted by Gasteiger charge is 2.45. The average molecular weight is 477 g/mol. The maximum absolute atomic E-state index is 6.01. The van der Waals surface area contributed by atoms with Gasteiger partial charge in [0.15, 0.2) is 0 Å². The number of rotatable bonds is 7. The van der Waals surface area contributed by atoms with Gasteiger partial charge in [0.2, 0.25) is 0 Å². The topological polar surface area (TPSA) is 9.23 Å². The molecule has 0 spiro atoms. The van der Waals surface area contributed by atoms with E-state index in [-0.39, 0.29) is 17.0 Å². The molecule has 0 saturated heterocycles. The van der Waals surface area contributed by atoms with Gasteiger partial charge in [0.05, 0.1) is 6.61 Å². The zero-order valence-corrected chi connectivity index (χ0v) is 19.6. The predicted octanol–water partition coefficient (Wildman–Crippen LogP) is 2.58. The Morgan fingerprint density at radius 3 is 1.40 bits per heavy atom. The number of halogens is 1. The van der Waals surface area contributed by atoms with Crippen LogP contribution in [0.25, 0.3) is 0 Å². The van der Waals surface area contributed by atoms with Crippen molar-refractivity contribution in [1.29, 1.82) is 0 Å². The van der Waals surface area contributed by atoms with Crippen molar-refractivity contribution in [2.24, 2.45) is 0 Å². The monoisotopic (exact) mass is 476 g/mol. The van der Waals surface area contributed by atoms with Crippen LogP contribution in [0.3, 0.4) is 0 Å². The van der Waals surface area contributed by atoms with Crippen LogP contribution in [-0.2, 0) is 6.16 Å². The molecule has 0 heterocycles. The molecule has 0 aliphatic carbocycles. The third-order valence-electron chi connectivity index (χ3n) is 5.27. The number of ether oxygens (including phenoxy) is 1. The van der Waals surface area contributed by atoms with E-state index in [1.165, 1.54) is 21.5 Å². The summed E-state index contributed by atoms with van der Waals surface area (Å²) in [6, 6.07) is 41.5. The van der Waals surface area contributed by atoms with E-state index in [1.807, 2.05) is 6.92 Å². The van der Waals surface area contributed by atoms with E-state index in [0.29, 0.717) is 6.61 Å². The Kier molecular flexibility index (Phi) is 7.85. The summed E-state index contributed by atoms with van der Waals surface area (Å²) < 4.78 is 6.01. The van der Waals surface area contributed by atoms with Crippen molar-refractivity contribution < 1.29 is 21.7 Å². The van der Waals surface area contributed by atoms with Gasteiger partial charge in [0, 0.05) is 5.56 Å². The molecule has 1 nitrogen and oxygen atoms in total. The molecule has 4 aromatic rings. The van der Waals surface area contributed by atoms with Crippen LogP contribution in [0.1, 0.15) is 12.5 Å². The summed E-state index contributed by atoms with van der Waals surface area (Å²) in [4.78, 5) is 0. The Morgan fingerprint density at radius 1 is 0.567 bits per heavy atom. The third-order valence-corrected chi connectivity index (χ3v) is 9.62. The lowest BCUT2D eigenvalue weighted by Gasteiger charge is -2.28. The standard InChI is InChI=1S/C27H26OP.BrH/c1-2-28-27-21-13-12-14-23(27)22-29(24-15-6-3-7-16-24,25-17-8-4-9-18-25)26-19-10-5-11-20-26;/h3-21H,2,22H2,1H3;1H/q+1;/p-1. The van der Waals surface area contributed by atoms with Crippen molar-refractivity contribution in [1.82, 2.24) is 0 Å². The Bertz CT molecular complexity index is 939. The van der Waals surface area contributed by atoms with Gasteiger partial charge in [0.25, 0.3) is 0 Å². The van der Waals surface area contributed by atoms with Crippen molar-refractivity contribution in [3.8, 4) is 5.75 Å². The van der Waals surface area contributed by atoms with E-state index in [4.69, 9.17) is 4.74 Å². The van der Waals surface area contributed by atoms with Gasteiger partial charge in [-0.2, -0.15) is 0 Å². The molecule has 0 aromatic heterocycles. The Hall–Kier alpha value is -2.41. The molecule has 30 heavy (non-hydrogen) atoms. The lowest BCUT2D eigenvalue weighted by molar-refractivity contribution is -0.00000618. The molecule has 0 bridgehead atoms. The van der Waals surface area contributed by atoms with Gasteiger partial charge >= 0.3 is 0 Å². The average Bonchev–Trinajstić information content (AvgIpc) is 2.80. The molecule has 3 heteroatoms. The summed E-state index contributed by atoms with van der Waals surface area (Å²) >= 11 is 0. The van der Waals surface area contributed by atoms with Gasteiger partial charge in [-0.15, -0.1) is 0 Å². The van der Waals surface area contributed by atoms with Crippen molar-refractivity contribution in [2.75, 3.05) is 6.61 Å². The largest absolute Gasteiger partial charge is 1.00 e. The summed E-state index contributed by atoms with van der Waals surface area (Å²) in [6.07, 6.45) is 0.932. The first kappa shape index (κ1) is 22.3. The van der Waals surface area contributed by atoms with E-state index in [0.717, 1.165) is 11.9 Å². The third kappa shape index (κ3) is 4.51. The van der Waals surface area contributed by atoms with Crippen LogP contribution in [-0.4, -0.2) is 6.61 Å². The molecule has 0 N–H and O–H groups in total. The fourth-order valence-electron chi connectivity index (χ4n) is 3.95. The highest BCUT2D eigenvalue weighted by Crippen LogP contribution is 2.58. The molecule has 0 unspecified atom stereocenters. The molecular weight excluding hydrogens is 451 g/mol. The van der Waals surface area contributed by atoms with Crippen molar-refractivity contribution >= 4 is 23.2 Å². The molecule has 4 rings (SSSR count). The zero-order valence-electron chi connectivity index (χ0n) is 17.1. The molecular formula is C27H26BrOP. The van der Waals surface area contributed by atoms with Crippen LogP contribution >= 0.6 is 7.26 Å². The predicted molar refractivity (Wildman–Crippen MR) is 126 cm³/mol. The Balaban J connectivity index is 0.00000256. The van der Waals surface area contributed by atoms with Crippen LogP contribution in [0.2, 0.25) is 0 Å². The van der Waals surface area contributed by atoms with E-state index in [2.05, 4.69) is 115 Å². The quantitative estimate of drug-likeness (QED) is 0.372. The Labute approximate surface area is 190 Å². The summed E-state index contributed by atoms with van der Waals surface area (Å²) in [6.45, 7) is 2.72. The molecule has 0 radical (unpaired) electrons. The molecule has 0 atom stereocenters. The van der Waals surface area contributed by atoms with Crippen LogP contribution in [0.5, 0.6) is 5.75 Å². The molecule has 0 saturated carbocycles. The van der Waals surface area contributed by atoms with Gasteiger partial charge in [-0.3, -0.25) is 0 Å². The second kappa shape index (κ2) is 10.6. The van der Waals surface area contributed by atoms with Crippen LogP contribution < -0.4 is 37.6 Å². The minimum atomic E-state index is -1.91. The minimum Gasteiger partial charge on any atom is -1.00 e. The number of benzene rings is 4. The fourth-order valence-corrected chi connectivity index (χ4v) is 8.21. The molecule has 0 amide bonds. The summed E-state index contributed by atoms with van der Waals surface area (Å²) in [5, 5.41) is 4.18. The van der Waals surface area contributed by atoms with Crippen LogP contribution in [0.4, 0.5) is 0 Å². The lowest BCUT2D eigenvalue weighted by atomic mass is 10.2. The maximum Gasteiger partial charge on any atom is 0.126 e. The highest BCUT2D eigenvalue weighted by atomic mass is 79.9. The van der Waals surface area contributed by atoms with Crippen LogP contribution in [0.15, 0.2) is 115 Å². The van der Waals surface area contributed by atoms with Crippen molar-refractivity contribution in [3.63, 3.8) is 0 Å². The number of para-hydroxylation sites is 1. The first-order chi connectivity index (χ1) is 14.3. The van der Waals surface area contributed by atoms with E-state index < -0.39 is 7.26 Å². The second-order valence-electron chi connectivity index (χ2n) is 7.02. The number of hydrogen-bond acceptors (Lipinski definition) is 1. The van der Waals surface area contributed by atoms with Gasteiger partial charge in [-0.1, -0.05) is 72.8 Å². The van der Waals surface area contributed by atoms with Crippen LogP contribution in [0, 0.1) is 0 Å². The number of hydrogen-bond donors (Lipinski definition) is 0. The van der Waals surface area contributed by atoms with Gasteiger partial charge in [-0.25, -0.2) is 0 Å². The smallest absolute Gasteiger partial charge is 0.126 e. The van der Waals surface area contributed by atoms with Crippen molar-refractivity contribution in [2.45, 2.75) is 13.1 Å². The van der Waals surface area contributed by atoms with Crippen molar-refractivity contribution in [3.05, 3.63) is 121 Å². The maximum atomic E-state index is 6.01. The fraction of sp³-hybridized carbons (Fsp3) is 0.111. The summed E-state index contributed by atoms with van der Waals surface area (Å²) in [5.74, 6) is 0.988. The first-order valence-electron chi connectivity index (χ1n) is 10.1. The summed E-state index contributed by atoms with van der Waals surface area (Å²) in [7, 11) is -1.91. The molecule has 0 fully saturated rings. The van der Waals surface area contributed by atoms with E-state index in [9.17, 15) is 0 Å². The van der Waals surface area contributed by atoms with E-state index >= 15 is 0 Å². The SMILES string of the molecule is CCOc1ccccc1C[P+](c1ccccc1)(c1ccccc1)c1ccccc1.[Br-]. The van der Waals surface area contributed by atoms with Gasteiger partial charge < -0.3 is 21.7 Å². The zero-order chi connectivity index (χ0) is 19.9. The second-order valence-corrected chi connectivity index (χ2v) is 10.5. The van der Waals surface area contributed by atoms with Gasteiger partial charge in [0.1, 0.15) is 35.1 Å². The molecule has 0 aliphatic rings. The molecule has 0 aliphatic heterocycles. The molecule has 152 valence electrons. The highest BCUT2D eigenvalue weighted by molar-refractivity contribution is 7.95. The normalized spacial score (nSPS) is 10.8. The van der Waals surface area contributed by atoms with E-state index in [1.54, 1.807) is 0 Å². The minimum absolute atomic E-state index is 0. The summed E-state index contributed by atoms with van der Waals surface area (Å²) in [5.41, 5.74) is 1.26. The lowest BCUT2D eigenvalue weighted by Crippen LogP contribution is -3.00. The Morgan fingerprint density at radius 2 is 0.967 bits per heavy atom. The van der Waals surface area contributed by atoms with Gasteiger partial charge in [-0.05, 0) is 49.4 Å².